The van der Waals surface area contributed by atoms with E-state index in [0.29, 0.717) is 24.3 Å². The number of rotatable bonds is 6. The summed E-state index contributed by atoms with van der Waals surface area (Å²) < 4.78 is 6.66. The van der Waals surface area contributed by atoms with Crippen LogP contribution in [0.25, 0.3) is 11.0 Å². The number of amides is 3. The van der Waals surface area contributed by atoms with Crippen LogP contribution in [0.2, 0.25) is 0 Å². The van der Waals surface area contributed by atoms with E-state index >= 15 is 0 Å². The van der Waals surface area contributed by atoms with Crippen LogP contribution in [-0.2, 0) is 11.3 Å². The van der Waals surface area contributed by atoms with Gasteiger partial charge >= 0.3 is 12.0 Å². The molecule has 2 heterocycles. The van der Waals surface area contributed by atoms with Crippen LogP contribution in [-0.4, -0.2) is 59.1 Å². The molecule has 0 atom stereocenters. The molecule has 0 saturated carbocycles. The van der Waals surface area contributed by atoms with E-state index in [2.05, 4.69) is 15.6 Å². The molecular formula is C23H25N5O4. The van der Waals surface area contributed by atoms with Gasteiger partial charge in [0.25, 0.3) is 5.91 Å². The number of hydrogen-bond donors (Lipinski definition) is 2. The number of fused-ring (bicyclic) bond motifs is 1. The van der Waals surface area contributed by atoms with Crippen molar-refractivity contribution in [1.29, 1.82) is 0 Å². The van der Waals surface area contributed by atoms with Gasteiger partial charge in [0.15, 0.2) is 0 Å². The van der Waals surface area contributed by atoms with Crippen LogP contribution < -0.4 is 10.6 Å². The molecule has 0 bridgehead atoms. The number of esters is 1. The lowest BCUT2D eigenvalue weighted by Crippen LogP contribution is -2.32. The molecule has 1 fully saturated rings. The summed E-state index contributed by atoms with van der Waals surface area (Å²) in [6, 6.07) is 11.7. The van der Waals surface area contributed by atoms with Crippen molar-refractivity contribution < 1.29 is 19.1 Å². The first-order chi connectivity index (χ1) is 15.6. The first-order valence-electron chi connectivity index (χ1n) is 10.5. The van der Waals surface area contributed by atoms with E-state index in [4.69, 9.17) is 4.74 Å². The number of methoxy groups -OCH3 is 1. The van der Waals surface area contributed by atoms with Crippen molar-refractivity contribution in [3.63, 3.8) is 0 Å². The SMILES string of the molecule is COC(=O)c1ccccc1NC(=O)NCCn1cnc2cc(C(=O)N3CCCC3)ccc21. The molecule has 2 N–H and O–H groups in total. The molecule has 9 heteroatoms. The van der Waals surface area contributed by atoms with Gasteiger partial charge in [-0.25, -0.2) is 14.6 Å². The monoisotopic (exact) mass is 435 g/mol. The standard InChI is InChI=1S/C23H25N5O4/c1-32-22(30)17-6-2-3-7-18(17)26-23(31)24-10-13-28-15-25-19-14-16(8-9-20(19)28)21(29)27-11-4-5-12-27/h2-3,6-9,14-15H,4-5,10-13H2,1H3,(H2,24,26,31). The summed E-state index contributed by atoms with van der Waals surface area (Å²) in [6.07, 6.45) is 3.80. The van der Waals surface area contributed by atoms with E-state index < -0.39 is 12.0 Å². The lowest BCUT2D eigenvalue weighted by molar-refractivity contribution is 0.0601. The molecule has 1 saturated heterocycles. The average Bonchev–Trinajstić information content (AvgIpc) is 3.48. The Bertz CT molecular complexity index is 1150. The Hall–Kier alpha value is -3.88. The number of nitrogens with one attached hydrogen (secondary N) is 2. The highest BCUT2D eigenvalue weighted by Gasteiger charge is 2.20. The number of ether oxygens (including phenoxy) is 1. The molecule has 0 spiro atoms. The molecule has 0 radical (unpaired) electrons. The van der Waals surface area contributed by atoms with E-state index in [1.54, 1.807) is 30.6 Å². The number of imidazole rings is 1. The number of urea groups is 1. The maximum atomic E-state index is 12.6. The summed E-state index contributed by atoms with van der Waals surface area (Å²) in [4.78, 5) is 43.0. The second-order valence-electron chi connectivity index (χ2n) is 7.56. The highest BCUT2D eigenvalue weighted by atomic mass is 16.5. The van der Waals surface area contributed by atoms with Gasteiger partial charge in [-0.3, -0.25) is 4.79 Å². The zero-order chi connectivity index (χ0) is 22.5. The van der Waals surface area contributed by atoms with Gasteiger partial charge in [0, 0.05) is 31.7 Å². The normalized spacial score (nSPS) is 13.2. The second-order valence-corrected chi connectivity index (χ2v) is 7.56. The van der Waals surface area contributed by atoms with E-state index in [1.807, 2.05) is 27.7 Å². The molecule has 0 unspecified atom stereocenters. The van der Waals surface area contributed by atoms with Crippen molar-refractivity contribution in [1.82, 2.24) is 19.8 Å². The highest BCUT2D eigenvalue weighted by molar-refractivity contribution is 6.00. The summed E-state index contributed by atoms with van der Waals surface area (Å²) >= 11 is 0. The van der Waals surface area contributed by atoms with Crippen molar-refractivity contribution in [2.75, 3.05) is 32.1 Å². The zero-order valence-corrected chi connectivity index (χ0v) is 17.8. The molecular weight excluding hydrogens is 410 g/mol. The molecule has 1 aliphatic rings. The number of nitrogens with zero attached hydrogens (tertiary/aromatic N) is 3. The van der Waals surface area contributed by atoms with Gasteiger partial charge < -0.3 is 24.8 Å². The molecule has 32 heavy (non-hydrogen) atoms. The van der Waals surface area contributed by atoms with Crippen molar-refractivity contribution in [2.24, 2.45) is 0 Å². The van der Waals surface area contributed by atoms with Crippen molar-refractivity contribution >= 4 is 34.6 Å². The predicted octanol–water partition coefficient (Wildman–Crippen LogP) is 2.88. The quantitative estimate of drug-likeness (QED) is 0.579. The van der Waals surface area contributed by atoms with Gasteiger partial charge in [0.05, 0.1) is 35.7 Å². The van der Waals surface area contributed by atoms with E-state index in [-0.39, 0.29) is 11.5 Å². The molecule has 4 rings (SSSR count). The van der Waals surface area contributed by atoms with E-state index in [9.17, 15) is 14.4 Å². The second kappa shape index (κ2) is 9.51. The Morgan fingerprint density at radius 2 is 1.88 bits per heavy atom. The van der Waals surface area contributed by atoms with Crippen molar-refractivity contribution in [2.45, 2.75) is 19.4 Å². The molecule has 3 aromatic rings. The molecule has 2 aromatic carbocycles. The largest absolute Gasteiger partial charge is 0.465 e. The summed E-state index contributed by atoms with van der Waals surface area (Å²) in [5, 5.41) is 5.45. The molecule has 9 nitrogen and oxygen atoms in total. The minimum atomic E-state index is -0.520. The Balaban J connectivity index is 1.35. The third-order valence-electron chi connectivity index (χ3n) is 5.48. The van der Waals surface area contributed by atoms with Crippen LogP contribution in [0.5, 0.6) is 0 Å². The number of likely N-dealkylation sites (tertiary alicyclic amines) is 1. The van der Waals surface area contributed by atoms with Gasteiger partial charge in [-0.15, -0.1) is 0 Å². The minimum Gasteiger partial charge on any atom is -0.465 e. The van der Waals surface area contributed by atoms with E-state index in [1.165, 1.54) is 7.11 Å². The average molecular weight is 435 g/mol. The first kappa shape index (κ1) is 21.4. The Morgan fingerprint density at radius 1 is 1.09 bits per heavy atom. The van der Waals surface area contributed by atoms with Crippen LogP contribution in [0.15, 0.2) is 48.8 Å². The molecule has 3 amide bonds. The number of carbonyl (C=O) groups excluding carboxylic acids is 3. The molecule has 166 valence electrons. The van der Waals surface area contributed by atoms with Crippen LogP contribution in [0, 0.1) is 0 Å². The predicted molar refractivity (Wildman–Crippen MR) is 120 cm³/mol. The topological polar surface area (TPSA) is 106 Å². The first-order valence-corrected chi connectivity index (χ1v) is 10.5. The number of carbonyl (C=O) groups is 3. The summed E-state index contributed by atoms with van der Waals surface area (Å²) in [6.45, 7) is 2.47. The molecule has 1 aliphatic heterocycles. The highest BCUT2D eigenvalue weighted by Crippen LogP contribution is 2.19. The number of benzene rings is 2. The summed E-state index contributed by atoms with van der Waals surface area (Å²) in [7, 11) is 1.29. The van der Waals surface area contributed by atoms with Crippen LogP contribution in [0.4, 0.5) is 10.5 Å². The maximum Gasteiger partial charge on any atom is 0.339 e. The van der Waals surface area contributed by atoms with Crippen molar-refractivity contribution in [3.05, 3.63) is 59.9 Å². The minimum absolute atomic E-state index is 0.0459. The lowest BCUT2D eigenvalue weighted by atomic mass is 10.1. The Morgan fingerprint density at radius 3 is 2.66 bits per heavy atom. The fraction of sp³-hybridized carbons (Fsp3) is 0.304. The van der Waals surface area contributed by atoms with Crippen molar-refractivity contribution in [3.8, 4) is 0 Å². The third kappa shape index (κ3) is 4.56. The number of aromatic nitrogens is 2. The lowest BCUT2D eigenvalue weighted by Gasteiger charge is -2.15. The van der Waals surface area contributed by atoms with Gasteiger partial charge in [0.1, 0.15) is 0 Å². The Labute approximate surface area is 185 Å². The van der Waals surface area contributed by atoms with Crippen LogP contribution in [0.1, 0.15) is 33.6 Å². The number of hydrogen-bond acceptors (Lipinski definition) is 5. The van der Waals surface area contributed by atoms with Gasteiger partial charge in [-0.2, -0.15) is 0 Å². The van der Waals surface area contributed by atoms with Gasteiger partial charge in [0.2, 0.25) is 0 Å². The fourth-order valence-electron chi connectivity index (χ4n) is 3.81. The zero-order valence-electron chi connectivity index (χ0n) is 17.8. The molecule has 0 aliphatic carbocycles. The smallest absolute Gasteiger partial charge is 0.339 e. The summed E-state index contributed by atoms with van der Waals surface area (Å²) in [5.74, 6) is -0.474. The molecule has 1 aromatic heterocycles. The number of para-hydroxylation sites is 1. The van der Waals surface area contributed by atoms with Crippen LogP contribution in [0.3, 0.4) is 0 Å². The third-order valence-corrected chi connectivity index (χ3v) is 5.48. The van der Waals surface area contributed by atoms with Gasteiger partial charge in [-0.05, 0) is 43.2 Å². The maximum absolute atomic E-state index is 12.6. The van der Waals surface area contributed by atoms with Gasteiger partial charge in [-0.1, -0.05) is 12.1 Å². The summed E-state index contributed by atoms with van der Waals surface area (Å²) in [5.41, 5.74) is 2.93. The fourth-order valence-corrected chi connectivity index (χ4v) is 3.81. The van der Waals surface area contributed by atoms with E-state index in [0.717, 1.165) is 37.0 Å². The van der Waals surface area contributed by atoms with Crippen LogP contribution >= 0.6 is 0 Å². The Kier molecular flexibility index (Phi) is 6.34. The number of anilines is 1.